The number of aromatic nitrogens is 1. The summed E-state index contributed by atoms with van der Waals surface area (Å²) in [4.78, 5) is 29.5. The SMILES string of the molecule is C=C1CC[C@H]2[C@@](C)(CC[C@@H](O)[C@@]2(C)C(=O)OCc2ccccn2)[C@@H]1CCC1=CCOC1=O. The Bertz CT molecular complexity index is 925. The Labute approximate surface area is 189 Å². The number of carbonyl (C=O) groups excluding carboxylic acids is 2. The van der Waals surface area contributed by atoms with Gasteiger partial charge in [0, 0.05) is 11.8 Å². The third-order valence-corrected chi connectivity index (χ3v) is 8.24. The smallest absolute Gasteiger partial charge is 0.334 e. The molecular formula is C26H33NO5. The summed E-state index contributed by atoms with van der Waals surface area (Å²) in [6, 6.07) is 5.50. The maximum Gasteiger partial charge on any atom is 0.334 e. The summed E-state index contributed by atoms with van der Waals surface area (Å²) >= 11 is 0. The van der Waals surface area contributed by atoms with E-state index in [2.05, 4.69) is 18.5 Å². The fourth-order valence-electron chi connectivity index (χ4n) is 6.34. The van der Waals surface area contributed by atoms with E-state index in [1.54, 1.807) is 6.20 Å². The van der Waals surface area contributed by atoms with Gasteiger partial charge in [-0.3, -0.25) is 9.78 Å². The van der Waals surface area contributed by atoms with Gasteiger partial charge in [-0.25, -0.2) is 4.79 Å². The Morgan fingerprint density at radius 3 is 2.84 bits per heavy atom. The average molecular weight is 440 g/mol. The van der Waals surface area contributed by atoms with Crippen molar-refractivity contribution in [2.24, 2.45) is 22.7 Å². The molecule has 0 bridgehead atoms. The van der Waals surface area contributed by atoms with Gasteiger partial charge in [-0.15, -0.1) is 0 Å². The number of cyclic esters (lactones) is 1. The number of carbonyl (C=O) groups is 2. The minimum absolute atomic E-state index is 0.0324. The molecule has 1 aromatic heterocycles. The van der Waals surface area contributed by atoms with E-state index < -0.39 is 11.5 Å². The average Bonchev–Trinajstić information content (AvgIpc) is 3.19. The molecule has 1 N–H and O–H groups in total. The van der Waals surface area contributed by atoms with Crippen molar-refractivity contribution in [1.82, 2.24) is 4.98 Å². The van der Waals surface area contributed by atoms with Crippen LogP contribution >= 0.6 is 0 Å². The number of fused-ring (bicyclic) bond motifs is 1. The van der Waals surface area contributed by atoms with E-state index in [1.807, 2.05) is 31.2 Å². The van der Waals surface area contributed by atoms with Crippen molar-refractivity contribution in [1.29, 1.82) is 0 Å². The molecule has 4 rings (SSSR count). The third kappa shape index (κ3) is 3.90. The van der Waals surface area contributed by atoms with Crippen molar-refractivity contribution >= 4 is 11.9 Å². The summed E-state index contributed by atoms with van der Waals surface area (Å²) in [7, 11) is 0. The molecule has 0 aromatic carbocycles. The normalized spacial score (nSPS) is 34.5. The van der Waals surface area contributed by atoms with Gasteiger partial charge in [0.25, 0.3) is 0 Å². The number of rotatable bonds is 6. The van der Waals surface area contributed by atoms with Gasteiger partial charge in [-0.1, -0.05) is 25.1 Å². The van der Waals surface area contributed by atoms with Crippen molar-refractivity contribution < 1.29 is 24.2 Å². The van der Waals surface area contributed by atoms with E-state index in [-0.39, 0.29) is 35.8 Å². The minimum atomic E-state index is -0.994. The van der Waals surface area contributed by atoms with Gasteiger partial charge < -0.3 is 14.6 Å². The number of pyridine rings is 1. The van der Waals surface area contributed by atoms with Crippen LogP contribution in [0.1, 0.15) is 58.1 Å². The zero-order valence-electron chi connectivity index (χ0n) is 19.0. The monoisotopic (exact) mass is 439 g/mol. The first-order valence-electron chi connectivity index (χ1n) is 11.6. The molecule has 172 valence electrons. The second-order valence-electron chi connectivity index (χ2n) is 9.91. The molecular weight excluding hydrogens is 406 g/mol. The van der Waals surface area contributed by atoms with Gasteiger partial charge in [0.15, 0.2) is 0 Å². The van der Waals surface area contributed by atoms with Crippen molar-refractivity contribution in [2.45, 2.75) is 65.1 Å². The number of ether oxygens (including phenoxy) is 2. The first kappa shape index (κ1) is 22.7. The number of hydrogen-bond donors (Lipinski definition) is 1. The lowest BCUT2D eigenvalue weighted by Crippen LogP contribution is -2.59. The molecule has 0 spiro atoms. The first-order valence-corrected chi connectivity index (χ1v) is 11.6. The molecule has 2 saturated carbocycles. The van der Waals surface area contributed by atoms with Crippen LogP contribution in [0.4, 0.5) is 0 Å². The molecule has 1 aromatic rings. The quantitative estimate of drug-likeness (QED) is 0.530. The lowest BCUT2D eigenvalue weighted by molar-refractivity contribution is -0.190. The molecule has 2 fully saturated rings. The predicted molar refractivity (Wildman–Crippen MR) is 119 cm³/mol. The molecule has 6 heteroatoms. The number of esters is 2. The summed E-state index contributed by atoms with van der Waals surface area (Å²) in [6.45, 7) is 8.90. The standard InChI is InChI=1S/C26H33NO5/c1-17-7-10-21-25(2,20(17)9-8-18-12-15-31-23(18)29)13-11-22(28)26(21,3)24(30)32-16-19-6-4-5-14-27-19/h4-6,12,14,20-22,28H,1,7-11,13,15-16H2,2-3H3/t20-,21+,22-,25+,26+/m1/s1. The molecule has 5 atom stereocenters. The highest BCUT2D eigenvalue weighted by atomic mass is 16.5. The van der Waals surface area contributed by atoms with Crippen molar-refractivity contribution in [3.63, 3.8) is 0 Å². The number of hydrogen-bond acceptors (Lipinski definition) is 6. The Hall–Kier alpha value is -2.47. The molecule has 3 aliphatic rings. The Kier molecular flexibility index (Phi) is 6.26. The van der Waals surface area contributed by atoms with Crippen LogP contribution in [0.5, 0.6) is 0 Å². The maximum atomic E-state index is 13.4. The van der Waals surface area contributed by atoms with Gasteiger partial charge in [0.1, 0.15) is 13.2 Å². The maximum absolute atomic E-state index is 13.4. The summed E-state index contributed by atoms with van der Waals surface area (Å²) in [5.41, 5.74) is 1.40. The molecule has 0 amide bonds. The zero-order valence-corrected chi connectivity index (χ0v) is 19.0. The highest BCUT2D eigenvalue weighted by molar-refractivity contribution is 5.90. The minimum Gasteiger partial charge on any atom is -0.459 e. The summed E-state index contributed by atoms with van der Waals surface area (Å²) < 4.78 is 10.8. The Balaban J connectivity index is 1.54. The van der Waals surface area contributed by atoms with Crippen LogP contribution in [-0.4, -0.2) is 34.7 Å². The topological polar surface area (TPSA) is 85.7 Å². The van der Waals surface area contributed by atoms with E-state index in [9.17, 15) is 14.7 Å². The second kappa shape index (κ2) is 8.81. The third-order valence-electron chi connectivity index (χ3n) is 8.24. The zero-order chi connectivity index (χ0) is 22.9. The number of aliphatic hydroxyl groups is 1. The van der Waals surface area contributed by atoms with Crippen LogP contribution in [0.3, 0.4) is 0 Å². The summed E-state index contributed by atoms with van der Waals surface area (Å²) in [5, 5.41) is 11.0. The predicted octanol–water partition coefficient (Wildman–Crippen LogP) is 4.14. The molecule has 6 nitrogen and oxygen atoms in total. The molecule has 0 saturated heterocycles. The van der Waals surface area contributed by atoms with E-state index in [0.717, 1.165) is 31.3 Å². The fourth-order valence-corrected chi connectivity index (χ4v) is 6.34. The van der Waals surface area contributed by atoms with E-state index in [4.69, 9.17) is 9.47 Å². The number of nitrogens with zero attached hydrogens (tertiary/aromatic N) is 1. The van der Waals surface area contributed by atoms with Crippen molar-refractivity contribution in [3.8, 4) is 0 Å². The van der Waals surface area contributed by atoms with Crippen LogP contribution in [0.15, 0.2) is 48.2 Å². The van der Waals surface area contributed by atoms with E-state index in [1.165, 1.54) is 5.57 Å². The largest absolute Gasteiger partial charge is 0.459 e. The molecule has 1 aliphatic heterocycles. The first-order chi connectivity index (χ1) is 15.3. The number of aliphatic hydroxyl groups excluding tert-OH is 1. The number of allylic oxidation sites excluding steroid dienone is 1. The Morgan fingerprint density at radius 2 is 2.16 bits per heavy atom. The van der Waals surface area contributed by atoms with Crippen LogP contribution in [0, 0.1) is 22.7 Å². The van der Waals surface area contributed by atoms with E-state index >= 15 is 0 Å². The molecule has 2 heterocycles. The Morgan fingerprint density at radius 1 is 1.34 bits per heavy atom. The van der Waals surface area contributed by atoms with Crippen molar-refractivity contribution in [2.75, 3.05) is 6.61 Å². The highest BCUT2D eigenvalue weighted by Crippen LogP contribution is 2.62. The molecule has 0 unspecified atom stereocenters. The van der Waals surface area contributed by atoms with Crippen LogP contribution in [0.2, 0.25) is 0 Å². The van der Waals surface area contributed by atoms with Crippen LogP contribution in [0.25, 0.3) is 0 Å². The summed E-state index contributed by atoms with van der Waals surface area (Å²) in [5.74, 6) is -0.448. The fraction of sp³-hybridized carbons (Fsp3) is 0.577. The molecule has 32 heavy (non-hydrogen) atoms. The van der Waals surface area contributed by atoms with Crippen LogP contribution < -0.4 is 0 Å². The van der Waals surface area contributed by atoms with Gasteiger partial charge in [0.05, 0.1) is 17.2 Å². The van der Waals surface area contributed by atoms with Gasteiger partial charge in [0.2, 0.25) is 0 Å². The summed E-state index contributed by atoms with van der Waals surface area (Å²) in [6.07, 6.45) is 7.17. The molecule has 2 aliphatic carbocycles. The van der Waals surface area contributed by atoms with E-state index in [0.29, 0.717) is 25.1 Å². The van der Waals surface area contributed by atoms with Crippen molar-refractivity contribution in [3.05, 3.63) is 53.9 Å². The van der Waals surface area contributed by atoms with Gasteiger partial charge in [-0.05, 0) is 80.9 Å². The second-order valence-corrected chi connectivity index (χ2v) is 9.91. The lowest BCUT2D eigenvalue weighted by atomic mass is 9.46. The van der Waals surface area contributed by atoms with Gasteiger partial charge >= 0.3 is 11.9 Å². The lowest BCUT2D eigenvalue weighted by Gasteiger charge is -2.59. The highest BCUT2D eigenvalue weighted by Gasteiger charge is 2.61. The van der Waals surface area contributed by atoms with Gasteiger partial charge in [-0.2, -0.15) is 0 Å². The van der Waals surface area contributed by atoms with Crippen LogP contribution in [-0.2, 0) is 25.7 Å². The molecule has 0 radical (unpaired) electrons.